The Balaban J connectivity index is 2.28. The van der Waals surface area contributed by atoms with E-state index in [0.717, 1.165) is 18.4 Å². The first-order chi connectivity index (χ1) is 12.2. The Bertz CT molecular complexity index is 1200. The zero-order valence-electron chi connectivity index (χ0n) is 13.4. The maximum atomic E-state index is 12.1. The number of sulfone groups is 1. The molecule has 0 aliphatic heterocycles. The smallest absolute Gasteiger partial charge is 0.339 e. The maximum Gasteiger partial charge on any atom is 0.339 e. The van der Waals surface area contributed by atoms with Gasteiger partial charge in [0, 0.05) is 18.4 Å². The van der Waals surface area contributed by atoms with Crippen molar-refractivity contribution in [1.29, 1.82) is 0 Å². The monoisotopic (exact) mass is 375 g/mol. The lowest BCUT2D eigenvalue weighted by Gasteiger charge is -2.13. The largest absolute Gasteiger partial charge is 0.478 e. The Kier molecular flexibility index (Phi) is 4.17. The van der Waals surface area contributed by atoms with E-state index in [1.165, 1.54) is 30.3 Å². The number of ether oxygens (including phenoxy) is 1. The molecule has 0 spiro atoms. The second-order valence-corrected chi connectivity index (χ2v) is 7.47. The second-order valence-electron chi connectivity index (χ2n) is 5.48. The van der Waals surface area contributed by atoms with Crippen LogP contribution in [-0.4, -0.2) is 25.7 Å². The van der Waals surface area contributed by atoms with Gasteiger partial charge >= 0.3 is 5.97 Å². The molecule has 1 heterocycles. The molecule has 3 N–H and O–H groups in total. The molecule has 0 aliphatic rings. The van der Waals surface area contributed by atoms with Gasteiger partial charge in [0.2, 0.25) is 0 Å². The van der Waals surface area contributed by atoms with Crippen molar-refractivity contribution in [3.63, 3.8) is 0 Å². The summed E-state index contributed by atoms with van der Waals surface area (Å²) in [6.07, 6.45) is 0.953. The number of anilines is 1. The molecule has 0 aliphatic carbocycles. The highest BCUT2D eigenvalue weighted by Gasteiger charge is 2.21. The van der Waals surface area contributed by atoms with Gasteiger partial charge in [0.1, 0.15) is 27.5 Å². The van der Waals surface area contributed by atoms with Crippen LogP contribution in [0.25, 0.3) is 11.0 Å². The second kappa shape index (κ2) is 6.19. The average Bonchev–Trinajstić information content (AvgIpc) is 2.54. The summed E-state index contributed by atoms with van der Waals surface area (Å²) >= 11 is 0. The molecule has 0 unspecified atom stereocenters. The van der Waals surface area contributed by atoms with Gasteiger partial charge in [0.05, 0.1) is 5.39 Å². The van der Waals surface area contributed by atoms with Gasteiger partial charge in [-0.15, -0.1) is 0 Å². The molecule has 0 saturated heterocycles. The third kappa shape index (κ3) is 3.24. The van der Waals surface area contributed by atoms with E-state index in [-0.39, 0.29) is 38.8 Å². The Morgan fingerprint density at radius 2 is 1.85 bits per heavy atom. The summed E-state index contributed by atoms with van der Waals surface area (Å²) in [5.74, 6) is -1.66. The van der Waals surface area contributed by atoms with Crippen LogP contribution in [0.15, 0.2) is 56.6 Å². The van der Waals surface area contributed by atoms with Gasteiger partial charge < -0.3 is 20.0 Å². The van der Waals surface area contributed by atoms with E-state index in [2.05, 4.69) is 0 Å². The zero-order valence-corrected chi connectivity index (χ0v) is 14.2. The molecular formula is C17H13NO7S. The summed E-state index contributed by atoms with van der Waals surface area (Å²) < 4.78 is 35.0. The zero-order chi connectivity index (χ0) is 19.1. The van der Waals surface area contributed by atoms with Crippen molar-refractivity contribution in [2.24, 2.45) is 0 Å². The van der Waals surface area contributed by atoms with Crippen molar-refractivity contribution < 1.29 is 27.5 Å². The van der Waals surface area contributed by atoms with Crippen molar-refractivity contribution in [2.45, 2.75) is 4.90 Å². The molecular weight excluding hydrogens is 362 g/mol. The Labute approximate surface area is 147 Å². The highest BCUT2D eigenvalue weighted by molar-refractivity contribution is 7.90. The first kappa shape index (κ1) is 17.5. The summed E-state index contributed by atoms with van der Waals surface area (Å²) in [6.45, 7) is 0. The standard InChI is InChI=1S/C17H13NO7S/c1-26(22,23)15-8-13-10(11(19)7-16(18)25-13)6-14(15)24-12-5-3-2-4-9(12)17(20)21/h2-8H,18H2,1H3,(H,20,21). The van der Waals surface area contributed by atoms with Gasteiger partial charge in [-0.25, -0.2) is 13.2 Å². The lowest BCUT2D eigenvalue weighted by molar-refractivity contribution is 0.0694. The third-order valence-electron chi connectivity index (χ3n) is 3.55. The predicted octanol–water partition coefficient (Wildman–Crippen LogP) is 2.27. The van der Waals surface area contributed by atoms with Crippen LogP contribution in [0.3, 0.4) is 0 Å². The van der Waals surface area contributed by atoms with E-state index in [9.17, 15) is 23.1 Å². The number of benzene rings is 2. The van der Waals surface area contributed by atoms with Crippen LogP contribution in [-0.2, 0) is 9.84 Å². The van der Waals surface area contributed by atoms with Gasteiger partial charge in [0.15, 0.2) is 21.2 Å². The van der Waals surface area contributed by atoms with Gasteiger partial charge in [0.25, 0.3) is 0 Å². The predicted molar refractivity (Wildman–Crippen MR) is 93.5 cm³/mol. The number of rotatable bonds is 4. The van der Waals surface area contributed by atoms with Crippen LogP contribution in [0.4, 0.5) is 5.88 Å². The quantitative estimate of drug-likeness (QED) is 0.708. The number of aromatic carboxylic acids is 1. The van der Waals surface area contributed by atoms with E-state index in [1.807, 2.05) is 0 Å². The minimum absolute atomic E-state index is 0.0192. The molecule has 3 rings (SSSR count). The number of carboxylic acid groups (broad SMARTS) is 1. The topological polar surface area (TPSA) is 137 Å². The van der Waals surface area contributed by atoms with Crippen molar-refractivity contribution in [3.8, 4) is 11.5 Å². The van der Waals surface area contributed by atoms with Crippen LogP contribution >= 0.6 is 0 Å². The molecule has 2 aromatic carbocycles. The van der Waals surface area contributed by atoms with Crippen molar-refractivity contribution in [2.75, 3.05) is 12.0 Å². The number of hydrogen-bond donors (Lipinski definition) is 2. The van der Waals surface area contributed by atoms with Crippen molar-refractivity contribution in [3.05, 3.63) is 58.3 Å². The van der Waals surface area contributed by atoms with Crippen LogP contribution < -0.4 is 15.9 Å². The molecule has 8 nitrogen and oxygen atoms in total. The Hall–Kier alpha value is -3.33. The Morgan fingerprint density at radius 3 is 2.50 bits per heavy atom. The molecule has 0 radical (unpaired) electrons. The minimum Gasteiger partial charge on any atom is -0.478 e. The van der Waals surface area contributed by atoms with Crippen LogP contribution in [0.2, 0.25) is 0 Å². The molecule has 134 valence electrons. The number of carbonyl (C=O) groups is 1. The van der Waals surface area contributed by atoms with E-state index in [4.69, 9.17) is 14.9 Å². The molecule has 26 heavy (non-hydrogen) atoms. The fourth-order valence-corrected chi connectivity index (χ4v) is 3.19. The first-order valence-corrected chi connectivity index (χ1v) is 9.13. The number of carboxylic acids is 1. The number of para-hydroxylation sites is 1. The summed E-state index contributed by atoms with van der Waals surface area (Å²) in [5, 5.41) is 9.29. The fraction of sp³-hybridized carbons (Fsp3) is 0.0588. The molecule has 0 fully saturated rings. The minimum atomic E-state index is -3.78. The molecule has 9 heteroatoms. The van der Waals surface area contributed by atoms with Crippen LogP contribution in [0.1, 0.15) is 10.4 Å². The summed E-state index contributed by atoms with van der Waals surface area (Å²) in [4.78, 5) is 23.2. The third-order valence-corrected chi connectivity index (χ3v) is 4.67. The van der Waals surface area contributed by atoms with E-state index in [0.29, 0.717) is 0 Å². The lowest BCUT2D eigenvalue weighted by atomic mass is 10.2. The average molecular weight is 375 g/mol. The van der Waals surface area contributed by atoms with Gasteiger partial charge in [-0.05, 0) is 18.2 Å². The van der Waals surface area contributed by atoms with Gasteiger partial charge in [-0.3, -0.25) is 4.79 Å². The first-order valence-electron chi connectivity index (χ1n) is 7.24. The normalized spacial score (nSPS) is 11.4. The molecule has 0 bridgehead atoms. The number of fused-ring (bicyclic) bond motifs is 1. The number of nitrogens with two attached hydrogens (primary N) is 1. The van der Waals surface area contributed by atoms with Crippen LogP contribution in [0.5, 0.6) is 11.5 Å². The van der Waals surface area contributed by atoms with E-state index in [1.54, 1.807) is 0 Å². The maximum absolute atomic E-state index is 12.1. The fourth-order valence-electron chi connectivity index (χ4n) is 2.40. The Morgan fingerprint density at radius 1 is 1.15 bits per heavy atom. The molecule has 0 saturated carbocycles. The van der Waals surface area contributed by atoms with Crippen molar-refractivity contribution in [1.82, 2.24) is 0 Å². The summed E-state index contributed by atoms with van der Waals surface area (Å²) in [6, 6.07) is 9.11. The van der Waals surface area contributed by atoms with Crippen LogP contribution in [0, 0.1) is 0 Å². The molecule has 0 atom stereocenters. The lowest BCUT2D eigenvalue weighted by Crippen LogP contribution is -2.07. The van der Waals surface area contributed by atoms with E-state index < -0.39 is 21.2 Å². The number of hydrogen-bond acceptors (Lipinski definition) is 7. The van der Waals surface area contributed by atoms with Gasteiger partial charge in [-0.2, -0.15) is 0 Å². The molecule has 1 aromatic heterocycles. The molecule has 0 amide bonds. The highest BCUT2D eigenvalue weighted by Crippen LogP contribution is 2.34. The summed E-state index contributed by atoms with van der Waals surface area (Å²) in [5.41, 5.74) is 4.82. The van der Waals surface area contributed by atoms with E-state index >= 15 is 0 Å². The summed E-state index contributed by atoms with van der Waals surface area (Å²) in [7, 11) is -3.78. The van der Waals surface area contributed by atoms with Crippen molar-refractivity contribution >= 4 is 32.7 Å². The SMILES string of the molecule is CS(=O)(=O)c1cc2oc(N)cc(=O)c2cc1Oc1ccccc1C(=O)O. The number of nitrogen functional groups attached to an aromatic ring is 1. The molecule has 3 aromatic rings. The van der Waals surface area contributed by atoms with Gasteiger partial charge in [-0.1, -0.05) is 12.1 Å². The highest BCUT2D eigenvalue weighted by atomic mass is 32.2.